The number of hydrogen-bond donors (Lipinski definition) is 1. The molecule has 32 heavy (non-hydrogen) atoms. The van der Waals surface area contributed by atoms with Gasteiger partial charge in [0.25, 0.3) is 5.56 Å². The van der Waals surface area contributed by atoms with E-state index in [0.717, 1.165) is 5.56 Å². The number of carbonyl (C=O) groups is 1. The predicted octanol–water partition coefficient (Wildman–Crippen LogP) is 2.51. The molecule has 0 aliphatic carbocycles. The number of nitrogens with zero attached hydrogens (tertiary/aromatic N) is 2. The van der Waals surface area contributed by atoms with Crippen LogP contribution in [0.2, 0.25) is 0 Å². The van der Waals surface area contributed by atoms with Crippen LogP contribution in [0.4, 0.5) is 0 Å². The van der Waals surface area contributed by atoms with E-state index in [0.29, 0.717) is 31.9 Å². The van der Waals surface area contributed by atoms with Gasteiger partial charge in [-0.2, -0.15) is 0 Å². The van der Waals surface area contributed by atoms with Gasteiger partial charge in [-0.3, -0.25) is 9.36 Å². The molecule has 0 fully saturated rings. The lowest BCUT2D eigenvalue weighted by Gasteiger charge is -2.24. The molecule has 0 radical (unpaired) electrons. The molecule has 2 heterocycles. The second-order valence-electron chi connectivity index (χ2n) is 7.14. The monoisotopic (exact) mass is 450 g/mol. The normalized spacial score (nSPS) is 15.8. The van der Waals surface area contributed by atoms with Crippen LogP contribution in [-0.4, -0.2) is 29.4 Å². The number of esters is 1. The molecule has 1 aromatic heterocycles. The van der Waals surface area contributed by atoms with Crippen molar-refractivity contribution in [2.75, 3.05) is 13.7 Å². The van der Waals surface area contributed by atoms with E-state index >= 15 is 0 Å². The summed E-state index contributed by atoms with van der Waals surface area (Å²) in [7, 11) is 1.47. The van der Waals surface area contributed by atoms with Crippen molar-refractivity contribution in [3.63, 3.8) is 0 Å². The molecule has 0 amide bonds. The summed E-state index contributed by atoms with van der Waals surface area (Å²) in [6.45, 7) is 3.72. The summed E-state index contributed by atoms with van der Waals surface area (Å²) in [5.74, 6) is -0.157. The number of phenols is 1. The minimum absolute atomic E-state index is 0.0170. The molecule has 164 valence electrons. The maximum Gasteiger partial charge on any atom is 0.338 e. The number of carbonyl (C=O) groups excluding carboxylic acids is 1. The van der Waals surface area contributed by atoms with Crippen molar-refractivity contribution >= 4 is 23.4 Å². The number of hydrogen-bond acceptors (Lipinski definition) is 7. The standard InChI is InChI=1S/C24H22N2O5S/c1-4-31-23(29)20-14(2)25-24-26(21(20)16-8-6-5-7-9-16)22(28)19(32-24)13-15-10-11-18(30-3)17(27)12-15/h5-13,21,27H,4H2,1-3H3/b19-13+/t21-/m1/s1. The minimum Gasteiger partial charge on any atom is -0.504 e. The second kappa shape index (κ2) is 8.84. The first-order valence-corrected chi connectivity index (χ1v) is 10.9. The number of allylic oxidation sites excluding steroid dienone is 1. The molecule has 3 aromatic rings. The number of phenolic OH excluding ortho intramolecular Hbond substituents is 1. The Balaban J connectivity index is 1.92. The highest BCUT2D eigenvalue weighted by atomic mass is 32.1. The summed E-state index contributed by atoms with van der Waals surface area (Å²) in [6, 6.07) is 13.6. The molecule has 1 N–H and O–H groups in total. The van der Waals surface area contributed by atoms with Gasteiger partial charge in [0.15, 0.2) is 16.3 Å². The van der Waals surface area contributed by atoms with Crippen molar-refractivity contribution in [3.05, 3.63) is 90.6 Å². The zero-order valence-corrected chi connectivity index (χ0v) is 18.7. The Morgan fingerprint density at radius 2 is 2.00 bits per heavy atom. The largest absolute Gasteiger partial charge is 0.504 e. The number of methoxy groups -OCH3 is 1. The third-order valence-electron chi connectivity index (χ3n) is 5.13. The van der Waals surface area contributed by atoms with Crippen LogP contribution in [-0.2, 0) is 9.53 Å². The summed E-state index contributed by atoms with van der Waals surface area (Å²) < 4.78 is 12.3. The third kappa shape index (κ3) is 3.85. The highest BCUT2D eigenvalue weighted by molar-refractivity contribution is 7.07. The molecule has 1 aliphatic rings. The molecular weight excluding hydrogens is 428 g/mol. The highest BCUT2D eigenvalue weighted by Gasteiger charge is 2.33. The molecule has 7 nitrogen and oxygen atoms in total. The third-order valence-corrected chi connectivity index (χ3v) is 6.12. The first-order valence-electron chi connectivity index (χ1n) is 10.1. The van der Waals surface area contributed by atoms with Crippen molar-refractivity contribution in [2.24, 2.45) is 4.99 Å². The number of aromatic nitrogens is 1. The number of ether oxygens (including phenoxy) is 2. The van der Waals surface area contributed by atoms with E-state index in [-0.39, 0.29) is 17.9 Å². The van der Waals surface area contributed by atoms with Crippen molar-refractivity contribution in [1.29, 1.82) is 0 Å². The maximum atomic E-state index is 13.5. The van der Waals surface area contributed by atoms with Gasteiger partial charge in [0.05, 0.1) is 35.6 Å². The molecule has 0 saturated heterocycles. The van der Waals surface area contributed by atoms with E-state index in [4.69, 9.17) is 9.47 Å². The number of benzene rings is 2. The fraction of sp³-hybridized carbons (Fsp3) is 0.208. The Kier molecular flexibility index (Phi) is 5.96. The van der Waals surface area contributed by atoms with E-state index in [1.54, 1.807) is 32.1 Å². The lowest BCUT2D eigenvalue weighted by Crippen LogP contribution is -2.39. The van der Waals surface area contributed by atoms with Crippen molar-refractivity contribution in [1.82, 2.24) is 4.57 Å². The Bertz CT molecular complexity index is 1390. The van der Waals surface area contributed by atoms with Crippen molar-refractivity contribution in [2.45, 2.75) is 19.9 Å². The van der Waals surface area contributed by atoms with E-state index < -0.39 is 12.0 Å². The van der Waals surface area contributed by atoms with Gasteiger partial charge in [-0.05, 0) is 43.2 Å². The van der Waals surface area contributed by atoms with Gasteiger partial charge in [-0.15, -0.1) is 0 Å². The first kappa shape index (κ1) is 21.6. The Hall–Kier alpha value is -3.65. The molecule has 0 spiro atoms. The molecular formula is C24H22N2O5S. The van der Waals surface area contributed by atoms with Crippen LogP contribution >= 0.6 is 11.3 Å². The Morgan fingerprint density at radius 3 is 2.66 bits per heavy atom. The summed E-state index contributed by atoms with van der Waals surface area (Å²) in [5.41, 5.74) is 2.03. The van der Waals surface area contributed by atoms with Gasteiger partial charge in [0, 0.05) is 0 Å². The highest BCUT2D eigenvalue weighted by Crippen LogP contribution is 2.30. The summed E-state index contributed by atoms with van der Waals surface area (Å²) in [5, 5.41) is 10.1. The van der Waals surface area contributed by atoms with Crippen LogP contribution in [0.15, 0.2) is 69.6 Å². The summed E-state index contributed by atoms with van der Waals surface area (Å²) in [4.78, 5) is 31.3. The maximum absolute atomic E-state index is 13.5. The van der Waals surface area contributed by atoms with Crippen molar-refractivity contribution < 1.29 is 19.4 Å². The van der Waals surface area contributed by atoms with Gasteiger partial charge >= 0.3 is 5.97 Å². The number of aromatic hydroxyl groups is 1. The fourth-order valence-electron chi connectivity index (χ4n) is 3.69. The van der Waals surface area contributed by atoms with Crippen LogP contribution in [0.1, 0.15) is 31.0 Å². The fourth-order valence-corrected chi connectivity index (χ4v) is 4.74. The minimum atomic E-state index is -0.641. The van der Waals surface area contributed by atoms with Crippen LogP contribution < -0.4 is 19.6 Å². The first-order chi connectivity index (χ1) is 15.4. The SMILES string of the molecule is CCOC(=O)C1=C(C)N=c2s/c(=C/c3ccc(OC)c(O)c3)c(=O)n2[C@@H]1c1ccccc1. The van der Waals surface area contributed by atoms with E-state index in [2.05, 4.69) is 4.99 Å². The smallest absolute Gasteiger partial charge is 0.338 e. The molecule has 1 atom stereocenters. The molecule has 1 aliphatic heterocycles. The van der Waals surface area contributed by atoms with E-state index in [1.165, 1.54) is 29.1 Å². The van der Waals surface area contributed by atoms with Gasteiger partial charge < -0.3 is 14.6 Å². The Labute approximate surface area is 188 Å². The molecule has 2 aromatic carbocycles. The van der Waals surface area contributed by atoms with Crippen molar-refractivity contribution in [3.8, 4) is 11.5 Å². The van der Waals surface area contributed by atoms with Gasteiger partial charge in [-0.1, -0.05) is 47.7 Å². The van der Waals surface area contributed by atoms with Gasteiger partial charge in [0.1, 0.15) is 0 Å². The second-order valence-corrected chi connectivity index (χ2v) is 8.15. The van der Waals surface area contributed by atoms with Crippen LogP contribution in [0.25, 0.3) is 6.08 Å². The quantitative estimate of drug-likeness (QED) is 0.604. The molecule has 0 unspecified atom stereocenters. The van der Waals surface area contributed by atoms with Gasteiger partial charge in [-0.25, -0.2) is 9.79 Å². The summed E-state index contributed by atoms with van der Waals surface area (Å²) >= 11 is 1.23. The average molecular weight is 451 g/mol. The topological polar surface area (TPSA) is 90.1 Å². The lowest BCUT2D eigenvalue weighted by atomic mass is 9.96. The molecule has 8 heteroatoms. The number of thiazole rings is 1. The predicted molar refractivity (Wildman–Crippen MR) is 121 cm³/mol. The zero-order chi connectivity index (χ0) is 22.8. The van der Waals surface area contributed by atoms with Crippen LogP contribution in [0, 0.1) is 0 Å². The molecule has 4 rings (SSSR count). The van der Waals surface area contributed by atoms with Crippen LogP contribution in [0.3, 0.4) is 0 Å². The summed E-state index contributed by atoms with van der Waals surface area (Å²) in [6.07, 6.45) is 1.69. The molecule has 0 saturated carbocycles. The number of fused-ring (bicyclic) bond motifs is 1. The molecule has 0 bridgehead atoms. The zero-order valence-electron chi connectivity index (χ0n) is 17.9. The van der Waals surface area contributed by atoms with E-state index in [1.807, 2.05) is 30.3 Å². The lowest BCUT2D eigenvalue weighted by molar-refractivity contribution is -0.139. The van der Waals surface area contributed by atoms with Crippen LogP contribution in [0.5, 0.6) is 11.5 Å². The van der Waals surface area contributed by atoms with E-state index in [9.17, 15) is 14.7 Å². The average Bonchev–Trinajstić information content (AvgIpc) is 3.08. The number of rotatable bonds is 5. The van der Waals surface area contributed by atoms with Gasteiger partial charge in [0.2, 0.25) is 0 Å². The Morgan fingerprint density at radius 1 is 1.25 bits per heavy atom.